The molecule has 2 aromatic carbocycles. The second-order valence-corrected chi connectivity index (χ2v) is 8.42. The Balaban J connectivity index is 1.91. The van der Waals surface area contributed by atoms with Crippen LogP contribution in [0.3, 0.4) is 0 Å². The van der Waals surface area contributed by atoms with Crippen LogP contribution >= 0.6 is 0 Å². The second kappa shape index (κ2) is 6.94. The molecule has 5 rings (SSSR count). The van der Waals surface area contributed by atoms with Crippen molar-refractivity contribution in [2.75, 3.05) is 0 Å². The fourth-order valence-corrected chi connectivity index (χ4v) is 4.57. The van der Waals surface area contributed by atoms with Gasteiger partial charge in [-0.3, -0.25) is 0 Å². The molecule has 0 aliphatic heterocycles. The Morgan fingerprint density at radius 2 is 1.73 bits per heavy atom. The third-order valence-corrected chi connectivity index (χ3v) is 6.26. The topological polar surface area (TPSA) is 29.9 Å². The van der Waals surface area contributed by atoms with E-state index in [9.17, 15) is 0 Å². The van der Waals surface area contributed by atoms with E-state index in [1.807, 2.05) is 6.92 Å². The fourth-order valence-electron chi connectivity index (χ4n) is 4.57. The molecule has 0 aliphatic rings. The number of aryl methyl sites for hydroxylation is 4. The largest absolute Gasteiger partial charge is 0.437 e. The van der Waals surface area contributed by atoms with E-state index >= 15 is 0 Å². The Hall–Kier alpha value is -3.20. The smallest absolute Gasteiger partial charge is 0.227 e. The Morgan fingerprint density at radius 1 is 0.933 bits per heavy atom. The van der Waals surface area contributed by atoms with Gasteiger partial charge >= 0.3 is 0 Å². The van der Waals surface area contributed by atoms with Crippen molar-refractivity contribution in [3.8, 4) is 11.3 Å². The fraction of sp³-hybridized carbons (Fsp3) is 0.259. The average Bonchev–Trinajstić information content (AvgIpc) is 3.07. The second-order valence-electron chi connectivity index (χ2n) is 8.42. The van der Waals surface area contributed by atoms with Gasteiger partial charge in [-0.05, 0) is 73.5 Å². The molecule has 5 aromatic rings. The summed E-state index contributed by atoms with van der Waals surface area (Å²) >= 11 is 0. The highest BCUT2D eigenvalue weighted by molar-refractivity contribution is 6.11. The molecule has 0 saturated heterocycles. The van der Waals surface area contributed by atoms with Crippen molar-refractivity contribution in [3.05, 3.63) is 71.0 Å². The van der Waals surface area contributed by atoms with E-state index in [-0.39, 0.29) is 0 Å². The van der Waals surface area contributed by atoms with E-state index in [0.29, 0.717) is 5.71 Å². The van der Waals surface area contributed by atoms with Gasteiger partial charge in [0.15, 0.2) is 11.8 Å². The van der Waals surface area contributed by atoms with Crippen molar-refractivity contribution in [1.29, 1.82) is 0 Å². The molecule has 0 spiro atoms. The Morgan fingerprint density at radius 3 is 2.53 bits per heavy atom. The summed E-state index contributed by atoms with van der Waals surface area (Å²) < 4.78 is 8.61. The quantitative estimate of drug-likeness (QED) is 0.326. The highest BCUT2D eigenvalue weighted by atomic mass is 16.3. The number of hydrogen-bond acceptors (Lipinski definition) is 2. The molecule has 0 radical (unpaired) electrons. The lowest BCUT2D eigenvalue weighted by atomic mass is 9.93. The van der Waals surface area contributed by atoms with Crippen LogP contribution in [0.15, 0.2) is 53.1 Å². The minimum atomic E-state index is 0.712. The number of furan rings is 1. The van der Waals surface area contributed by atoms with Crippen molar-refractivity contribution in [2.24, 2.45) is 7.05 Å². The summed E-state index contributed by atoms with van der Waals surface area (Å²) in [5.74, 6) is 0. The number of aromatic nitrogens is 2. The van der Waals surface area contributed by atoms with Gasteiger partial charge in [0, 0.05) is 22.5 Å². The minimum Gasteiger partial charge on any atom is -0.437 e. The zero-order valence-corrected chi connectivity index (χ0v) is 18.3. The van der Waals surface area contributed by atoms with Crippen molar-refractivity contribution in [2.45, 2.75) is 40.5 Å². The summed E-state index contributed by atoms with van der Waals surface area (Å²) in [6, 6.07) is 15.5. The van der Waals surface area contributed by atoms with Crippen molar-refractivity contribution in [1.82, 2.24) is 4.98 Å². The summed E-state index contributed by atoms with van der Waals surface area (Å²) in [5.41, 5.74) is 8.86. The van der Waals surface area contributed by atoms with Gasteiger partial charge < -0.3 is 4.42 Å². The molecule has 0 aliphatic carbocycles. The van der Waals surface area contributed by atoms with Gasteiger partial charge in [0.2, 0.25) is 11.4 Å². The molecule has 150 valence electrons. The predicted molar refractivity (Wildman–Crippen MR) is 124 cm³/mol. The van der Waals surface area contributed by atoms with Crippen molar-refractivity contribution in [3.63, 3.8) is 0 Å². The molecule has 0 fully saturated rings. The van der Waals surface area contributed by atoms with E-state index in [1.54, 1.807) is 0 Å². The number of fused-ring (bicyclic) bond motifs is 4. The molecule has 3 heteroatoms. The lowest BCUT2D eigenvalue weighted by Crippen LogP contribution is -2.30. The third kappa shape index (κ3) is 2.80. The van der Waals surface area contributed by atoms with E-state index < -0.39 is 0 Å². The Bertz CT molecular complexity index is 1440. The Kier molecular flexibility index (Phi) is 4.35. The van der Waals surface area contributed by atoms with Gasteiger partial charge in [-0.2, -0.15) is 0 Å². The van der Waals surface area contributed by atoms with Crippen LogP contribution in [0.2, 0.25) is 0 Å². The van der Waals surface area contributed by atoms with E-state index in [1.165, 1.54) is 33.2 Å². The number of nitrogens with zero attached hydrogens (tertiary/aromatic N) is 2. The third-order valence-electron chi connectivity index (χ3n) is 6.26. The molecule has 3 heterocycles. The molecular formula is C27H27N2O+. The number of pyridine rings is 2. The van der Waals surface area contributed by atoms with Crippen LogP contribution in [0, 0.1) is 20.8 Å². The highest BCUT2D eigenvalue weighted by Gasteiger charge is 2.25. The summed E-state index contributed by atoms with van der Waals surface area (Å²) in [6.45, 7) is 8.61. The highest BCUT2D eigenvalue weighted by Crippen LogP contribution is 2.40. The van der Waals surface area contributed by atoms with E-state index in [4.69, 9.17) is 4.42 Å². The van der Waals surface area contributed by atoms with Crippen LogP contribution in [-0.2, 0) is 13.5 Å². The standard InChI is InChI=1S/C27H27N2O/c1-6-7-19-9-11-21-20(15-19)12-13-29(5)25(21)24-18(4)16(2)14-23-22-10-8-17(3)28-27(22)30-26(23)24/h8-15H,6-7H2,1-5H3/q+1. The van der Waals surface area contributed by atoms with Crippen LogP contribution < -0.4 is 4.57 Å². The van der Waals surface area contributed by atoms with Crippen LogP contribution in [0.1, 0.15) is 35.7 Å². The molecule has 0 N–H and O–H groups in total. The molecule has 30 heavy (non-hydrogen) atoms. The summed E-state index contributed by atoms with van der Waals surface area (Å²) in [7, 11) is 2.12. The van der Waals surface area contributed by atoms with E-state index in [2.05, 4.69) is 86.0 Å². The lowest BCUT2D eigenvalue weighted by molar-refractivity contribution is -0.659. The minimum absolute atomic E-state index is 0.712. The maximum Gasteiger partial charge on any atom is 0.227 e. The average molecular weight is 396 g/mol. The molecule has 0 unspecified atom stereocenters. The maximum absolute atomic E-state index is 6.40. The molecular weight excluding hydrogens is 368 g/mol. The zero-order valence-electron chi connectivity index (χ0n) is 18.3. The summed E-state index contributed by atoms with van der Waals surface area (Å²) in [6.07, 6.45) is 4.42. The normalized spacial score (nSPS) is 11.8. The first-order valence-corrected chi connectivity index (χ1v) is 10.7. The maximum atomic E-state index is 6.40. The molecule has 0 saturated carbocycles. The first-order valence-electron chi connectivity index (χ1n) is 10.7. The summed E-state index contributed by atoms with van der Waals surface area (Å²) in [4.78, 5) is 4.65. The van der Waals surface area contributed by atoms with Gasteiger partial charge in [-0.25, -0.2) is 9.55 Å². The van der Waals surface area contributed by atoms with Gasteiger partial charge in [0.1, 0.15) is 7.05 Å². The number of benzene rings is 2. The van der Waals surface area contributed by atoms with Crippen LogP contribution in [0.5, 0.6) is 0 Å². The van der Waals surface area contributed by atoms with Crippen LogP contribution in [0.4, 0.5) is 0 Å². The zero-order chi connectivity index (χ0) is 21.0. The monoisotopic (exact) mass is 395 g/mol. The van der Waals surface area contributed by atoms with Crippen LogP contribution in [0.25, 0.3) is 44.1 Å². The van der Waals surface area contributed by atoms with Gasteiger partial charge in [0.25, 0.3) is 0 Å². The molecule has 0 amide bonds. The van der Waals surface area contributed by atoms with Crippen molar-refractivity contribution >= 4 is 32.8 Å². The van der Waals surface area contributed by atoms with Crippen LogP contribution in [-0.4, -0.2) is 4.98 Å². The molecule has 3 nitrogen and oxygen atoms in total. The summed E-state index contributed by atoms with van der Waals surface area (Å²) in [5, 5.41) is 4.73. The lowest BCUT2D eigenvalue weighted by Gasteiger charge is -2.11. The van der Waals surface area contributed by atoms with Gasteiger partial charge in [-0.1, -0.05) is 25.5 Å². The SMILES string of the molecule is CCCc1ccc2c(-c3c(C)c(C)cc4c3oc3nc(C)ccc34)[n+](C)ccc2c1. The number of hydrogen-bond donors (Lipinski definition) is 0. The molecule has 0 bridgehead atoms. The molecule has 0 atom stereocenters. The number of rotatable bonds is 3. The van der Waals surface area contributed by atoms with E-state index in [0.717, 1.165) is 40.5 Å². The Labute approximate surface area is 177 Å². The first-order chi connectivity index (χ1) is 14.5. The predicted octanol–water partition coefficient (Wildman–Crippen LogP) is 6.50. The van der Waals surface area contributed by atoms with Gasteiger partial charge in [0.05, 0.1) is 10.9 Å². The first kappa shape index (κ1) is 18.8. The van der Waals surface area contributed by atoms with Gasteiger partial charge in [-0.15, -0.1) is 0 Å². The molecule has 3 aromatic heterocycles. The van der Waals surface area contributed by atoms with Crippen molar-refractivity contribution < 1.29 is 8.98 Å².